The summed E-state index contributed by atoms with van der Waals surface area (Å²) in [7, 11) is 0. The lowest BCUT2D eigenvalue weighted by Crippen LogP contribution is -2.44. The van der Waals surface area contributed by atoms with Gasteiger partial charge in [-0.1, -0.05) is 12.8 Å². The molecular formula is C14H19N3O3. The van der Waals surface area contributed by atoms with Gasteiger partial charge in [0.25, 0.3) is 5.91 Å². The van der Waals surface area contributed by atoms with Crippen LogP contribution in [0.2, 0.25) is 0 Å². The van der Waals surface area contributed by atoms with Crippen molar-refractivity contribution in [2.75, 3.05) is 5.32 Å². The zero-order valence-corrected chi connectivity index (χ0v) is 11.7. The van der Waals surface area contributed by atoms with Crippen molar-refractivity contribution >= 4 is 17.6 Å². The maximum Gasteiger partial charge on any atom is 0.329 e. The zero-order chi connectivity index (χ0) is 14.9. The number of pyridine rings is 1. The van der Waals surface area contributed by atoms with Crippen molar-refractivity contribution in [1.82, 2.24) is 4.98 Å². The number of hydrogen-bond acceptors (Lipinski definition) is 4. The third-order valence-corrected chi connectivity index (χ3v) is 3.82. The summed E-state index contributed by atoms with van der Waals surface area (Å²) >= 11 is 0. The summed E-state index contributed by atoms with van der Waals surface area (Å²) < 4.78 is 0. The van der Waals surface area contributed by atoms with Gasteiger partial charge in [0.15, 0.2) is 0 Å². The largest absolute Gasteiger partial charge is 0.480 e. The summed E-state index contributed by atoms with van der Waals surface area (Å²) in [5.41, 5.74) is 6.34. The summed E-state index contributed by atoms with van der Waals surface area (Å²) in [5, 5.41) is 12.5. The second-order valence-corrected chi connectivity index (χ2v) is 5.36. The molecule has 4 N–H and O–H groups in total. The predicted molar refractivity (Wildman–Crippen MR) is 74.7 cm³/mol. The Morgan fingerprint density at radius 2 is 1.95 bits per heavy atom. The van der Waals surface area contributed by atoms with Crippen molar-refractivity contribution in [3.05, 3.63) is 23.0 Å². The van der Waals surface area contributed by atoms with Crippen molar-refractivity contribution in [2.24, 2.45) is 5.73 Å². The van der Waals surface area contributed by atoms with Gasteiger partial charge in [0.05, 0.1) is 16.9 Å². The molecule has 0 aromatic carbocycles. The first-order valence-electron chi connectivity index (χ1n) is 6.65. The molecule has 1 heterocycles. The van der Waals surface area contributed by atoms with E-state index in [4.69, 9.17) is 5.73 Å². The first-order valence-corrected chi connectivity index (χ1v) is 6.65. The van der Waals surface area contributed by atoms with E-state index in [1.807, 2.05) is 0 Å². The highest BCUT2D eigenvalue weighted by Crippen LogP contribution is 2.35. The molecule has 1 fully saturated rings. The van der Waals surface area contributed by atoms with Crippen LogP contribution in [0.1, 0.15) is 47.4 Å². The summed E-state index contributed by atoms with van der Waals surface area (Å²) in [6, 6.07) is 1.68. The minimum absolute atomic E-state index is 0.267. The van der Waals surface area contributed by atoms with Gasteiger partial charge in [0.2, 0.25) is 0 Å². The molecule has 0 aliphatic heterocycles. The van der Waals surface area contributed by atoms with Crippen LogP contribution in [-0.2, 0) is 4.79 Å². The van der Waals surface area contributed by atoms with Crippen LogP contribution in [-0.4, -0.2) is 27.5 Å². The summed E-state index contributed by atoms with van der Waals surface area (Å²) in [6.07, 6.45) is 2.80. The number of carboxylic acids is 1. The minimum atomic E-state index is -1.01. The lowest BCUT2D eigenvalue weighted by atomic mass is 9.96. The summed E-state index contributed by atoms with van der Waals surface area (Å²) in [5.74, 6) is -1.49. The topological polar surface area (TPSA) is 105 Å². The normalized spacial score (nSPS) is 16.9. The van der Waals surface area contributed by atoms with Crippen LogP contribution >= 0.6 is 0 Å². The molecule has 20 heavy (non-hydrogen) atoms. The van der Waals surface area contributed by atoms with Gasteiger partial charge in [-0.05, 0) is 32.8 Å². The molecule has 1 aromatic rings. The molecule has 1 aromatic heterocycles. The van der Waals surface area contributed by atoms with Crippen LogP contribution in [0.4, 0.5) is 5.69 Å². The second-order valence-electron chi connectivity index (χ2n) is 5.36. The van der Waals surface area contributed by atoms with E-state index >= 15 is 0 Å². The fourth-order valence-corrected chi connectivity index (χ4v) is 2.87. The Labute approximate surface area is 117 Å². The molecule has 0 saturated heterocycles. The number of amides is 1. The fraction of sp³-hybridized carbons (Fsp3) is 0.500. The van der Waals surface area contributed by atoms with Gasteiger partial charge in [0.1, 0.15) is 5.54 Å². The number of rotatable bonds is 4. The van der Waals surface area contributed by atoms with Gasteiger partial charge in [0, 0.05) is 5.69 Å². The lowest BCUT2D eigenvalue weighted by molar-refractivity contribution is -0.142. The van der Waals surface area contributed by atoms with Crippen molar-refractivity contribution < 1.29 is 14.7 Å². The number of aryl methyl sites for hydroxylation is 2. The molecule has 6 heteroatoms. The van der Waals surface area contributed by atoms with Gasteiger partial charge in [-0.3, -0.25) is 9.78 Å². The van der Waals surface area contributed by atoms with E-state index in [9.17, 15) is 14.7 Å². The molecule has 0 spiro atoms. The number of nitrogens with one attached hydrogen (secondary N) is 1. The number of carbonyl (C=O) groups excluding carboxylic acids is 1. The van der Waals surface area contributed by atoms with Gasteiger partial charge >= 0.3 is 5.97 Å². The van der Waals surface area contributed by atoms with Gasteiger partial charge in [-0.25, -0.2) is 4.79 Å². The Hall–Kier alpha value is -2.11. The highest BCUT2D eigenvalue weighted by Gasteiger charge is 2.42. The van der Waals surface area contributed by atoms with Crippen LogP contribution in [0.15, 0.2) is 6.07 Å². The monoisotopic (exact) mass is 277 g/mol. The molecule has 1 aliphatic rings. The molecular weight excluding hydrogens is 258 g/mol. The standard InChI is InChI=1S/C14H19N3O3/c1-8-7-10(11(12(15)18)9(2)16-8)17-14(13(19)20)5-3-4-6-14/h7H,3-6H2,1-2H3,(H2,15,18)(H,16,17)(H,19,20). The van der Waals surface area contributed by atoms with E-state index in [1.165, 1.54) is 0 Å². The molecule has 1 saturated carbocycles. The molecule has 0 bridgehead atoms. The van der Waals surface area contributed by atoms with E-state index in [0.717, 1.165) is 12.8 Å². The van der Waals surface area contributed by atoms with Crippen LogP contribution in [0.25, 0.3) is 0 Å². The molecule has 6 nitrogen and oxygen atoms in total. The number of primary amides is 1. The predicted octanol–water partition coefficient (Wildman–Crippen LogP) is 1.61. The lowest BCUT2D eigenvalue weighted by Gasteiger charge is -2.28. The molecule has 2 rings (SSSR count). The molecule has 1 amide bonds. The maximum absolute atomic E-state index is 11.6. The number of nitrogens with zero attached hydrogens (tertiary/aromatic N) is 1. The third-order valence-electron chi connectivity index (χ3n) is 3.82. The van der Waals surface area contributed by atoms with Crippen LogP contribution in [0.5, 0.6) is 0 Å². The second kappa shape index (κ2) is 5.11. The van der Waals surface area contributed by atoms with Gasteiger partial charge < -0.3 is 16.2 Å². The third kappa shape index (κ3) is 2.45. The molecule has 1 aliphatic carbocycles. The fourth-order valence-electron chi connectivity index (χ4n) is 2.87. The number of hydrogen-bond donors (Lipinski definition) is 3. The highest BCUT2D eigenvalue weighted by molar-refractivity contribution is 6.00. The van der Waals surface area contributed by atoms with Crippen molar-refractivity contribution in [2.45, 2.75) is 45.1 Å². The van der Waals surface area contributed by atoms with E-state index < -0.39 is 17.4 Å². The van der Waals surface area contributed by atoms with Crippen LogP contribution in [0, 0.1) is 13.8 Å². The van der Waals surface area contributed by atoms with Gasteiger partial charge in [-0.2, -0.15) is 0 Å². The van der Waals surface area contributed by atoms with Crippen molar-refractivity contribution in [1.29, 1.82) is 0 Å². The Balaban J connectivity index is 2.47. The Morgan fingerprint density at radius 1 is 1.35 bits per heavy atom. The quantitative estimate of drug-likeness (QED) is 0.775. The molecule has 0 atom stereocenters. The molecule has 0 radical (unpaired) electrons. The maximum atomic E-state index is 11.6. The molecule has 0 unspecified atom stereocenters. The van der Waals surface area contributed by atoms with Crippen LogP contribution in [0.3, 0.4) is 0 Å². The smallest absolute Gasteiger partial charge is 0.329 e. The van der Waals surface area contributed by atoms with E-state index in [1.54, 1.807) is 19.9 Å². The number of aromatic nitrogens is 1. The zero-order valence-electron chi connectivity index (χ0n) is 11.7. The van der Waals surface area contributed by atoms with Crippen molar-refractivity contribution in [3.8, 4) is 0 Å². The molecule has 108 valence electrons. The van der Waals surface area contributed by atoms with Crippen LogP contribution < -0.4 is 11.1 Å². The van der Waals surface area contributed by atoms with E-state index in [-0.39, 0.29) is 5.56 Å². The number of nitrogens with two attached hydrogens (primary N) is 1. The highest BCUT2D eigenvalue weighted by atomic mass is 16.4. The number of carbonyl (C=O) groups is 2. The first-order chi connectivity index (χ1) is 9.35. The summed E-state index contributed by atoms with van der Waals surface area (Å²) in [6.45, 7) is 3.49. The Morgan fingerprint density at radius 3 is 2.45 bits per heavy atom. The average Bonchev–Trinajstić information content (AvgIpc) is 2.77. The summed E-state index contributed by atoms with van der Waals surface area (Å²) in [4.78, 5) is 27.4. The Kier molecular flexibility index (Phi) is 3.65. The van der Waals surface area contributed by atoms with Gasteiger partial charge in [-0.15, -0.1) is 0 Å². The average molecular weight is 277 g/mol. The number of aliphatic carboxylic acids is 1. The number of anilines is 1. The minimum Gasteiger partial charge on any atom is -0.480 e. The van der Waals surface area contributed by atoms with E-state index in [2.05, 4.69) is 10.3 Å². The SMILES string of the molecule is Cc1cc(NC2(C(=O)O)CCCC2)c(C(N)=O)c(C)n1. The Bertz CT molecular complexity index is 563. The van der Waals surface area contributed by atoms with Crippen molar-refractivity contribution in [3.63, 3.8) is 0 Å². The number of carboxylic acid groups (broad SMARTS) is 1. The first kappa shape index (κ1) is 14.3. The van der Waals surface area contributed by atoms with E-state index in [0.29, 0.717) is 29.9 Å².